The number of ether oxygens (including phenoxy) is 2. The van der Waals surface area contributed by atoms with Gasteiger partial charge in [-0.15, -0.1) is 10.2 Å². The first kappa shape index (κ1) is 21.1. The molecule has 0 bridgehead atoms. The molecular formula is C24H21N3O5S. The number of nitrogens with zero attached hydrogens (tertiary/aromatic N) is 3. The SMILES string of the molecule is CCOc1ccc([C@@H]2c3c(oc4ccccc4c3=O)C(=O)N2c2nnc(C)s2)cc1OCC. The third-order valence-electron chi connectivity index (χ3n) is 5.38. The number of rotatable bonds is 6. The summed E-state index contributed by atoms with van der Waals surface area (Å²) >= 11 is 1.28. The predicted molar refractivity (Wildman–Crippen MR) is 125 cm³/mol. The number of fused-ring (bicyclic) bond motifs is 2. The number of benzene rings is 2. The van der Waals surface area contributed by atoms with Crippen molar-refractivity contribution in [1.29, 1.82) is 0 Å². The average Bonchev–Trinajstić information content (AvgIpc) is 3.36. The molecule has 168 valence electrons. The third kappa shape index (κ3) is 3.45. The number of carbonyl (C=O) groups is 1. The lowest BCUT2D eigenvalue weighted by Gasteiger charge is -2.23. The van der Waals surface area contributed by atoms with Crippen LogP contribution in [0.1, 0.15) is 46.6 Å². The van der Waals surface area contributed by atoms with Gasteiger partial charge in [0.1, 0.15) is 10.6 Å². The molecule has 0 spiro atoms. The second kappa shape index (κ2) is 8.32. The van der Waals surface area contributed by atoms with Gasteiger partial charge < -0.3 is 13.9 Å². The Kier molecular flexibility index (Phi) is 5.33. The van der Waals surface area contributed by atoms with Gasteiger partial charge in [0.15, 0.2) is 16.9 Å². The van der Waals surface area contributed by atoms with Crippen LogP contribution in [0.3, 0.4) is 0 Å². The van der Waals surface area contributed by atoms with Crippen molar-refractivity contribution in [3.8, 4) is 11.5 Å². The molecular weight excluding hydrogens is 442 g/mol. The normalized spacial score (nSPS) is 15.2. The molecule has 0 fully saturated rings. The number of aromatic nitrogens is 2. The van der Waals surface area contributed by atoms with E-state index in [2.05, 4.69) is 10.2 Å². The molecule has 1 atom stereocenters. The average molecular weight is 464 g/mol. The van der Waals surface area contributed by atoms with Crippen molar-refractivity contribution >= 4 is 33.3 Å². The summed E-state index contributed by atoms with van der Waals surface area (Å²) in [6, 6.07) is 11.6. The maximum absolute atomic E-state index is 13.6. The largest absolute Gasteiger partial charge is 0.490 e. The number of hydrogen-bond donors (Lipinski definition) is 0. The molecule has 1 amide bonds. The summed E-state index contributed by atoms with van der Waals surface area (Å²) < 4.78 is 17.4. The molecule has 1 aliphatic heterocycles. The summed E-state index contributed by atoms with van der Waals surface area (Å²) in [5.41, 5.74) is 1.08. The van der Waals surface area contributed by atoms with Gasteiger partial charge in [0.2, 0.25) is 10.9 Å². The highest BCUT2D eigenvalue weighted by Gasteiger charge is 2.45. The highest BCUT2D eigenvalue weighted by molar-refractivity contribution is 7.15. The van der Waals surface area contributed by atoms with Gasteiger partial charge in [-0.3, -0.25) is 14.5 Å². The Hall–Kier alpha value is -3.72. The van der Waals surface area contributed by atoms with Crippen LogP contribution in [-0.4, -0.2) is 29.3 Å². The first-order valence-corrected chi connectivity index (χ1v) is 11.4. The standard InChI is InChI=1S/C24H21N3O5S/c1-4-30-17-11-10-14(12-18(17)31-5-2)20-19-21(28)15-8-6-7-9-16(15)32-22(19)23(29)27(20)24-26-25-13(3)33-24/h6-12,20H,4-5H2,1-3H3/t20-/m1/s1. The zero-order valence-electron chi connectivity index (χ0n) is 18.3. The summed E-state index contributed by atoms with van der Waals surface area (Å²) in [4.78, 5) is 28.6. The third-order valence-corrected chi connectivity index (χ3v) is 6.22. The zero-order valence-corrected chi connectivity index (χ0v) is 19.1. The van der Waals surface area contributed by atoms with Crippen molar-refractivity contribution in [2.24, 2.45) is 0 Å². The Morgan fingerprint density at radius 2 is 1.79 bits per heavy atom. The quantitative estimate of drug-likeness (QED) is 0.415. The van der Waals surface area contributed by atoms with Crippen LogP contribution in [0, 0.1) is 6.92 Å². The molecule has 0 saturated carbocycles. The van der Waals surface area contributed by atoms with E-state index in [1.165, 1.54) is 16.2 Å². The second-order valence-electron chi connectivity index (χ2n) is 7.42. The fourth-order valence-corrected chi connectivity index (χ4v) is 4.77. The van der Waals surface area contributed by atoms with E-state index in [9.17, 15) is 9.59 Å². The molecule has 0 unspecified atom stereocenters. The molecule has 33 heavy (non-hydrogen) atoms. The molecule has 2 aromatic carbocycles. The first-order valence-electron chi connectivity index (χ1n) is 10.6. The Balaban J connectivity index is 1.77. The maximum Gasteiger partial charge on any atom is 0.297 e. The second-order valence-corrected chi connectivity index (χ2v) is 8.58. The molecule has 0 N–H and O–H groups in total. The van der Waals surface area contributed by atoms with Crippen LogP contribution in [0.15, 0.2) is 51.7 Å². The number of anilines is 1. The van der Waals surface area contributed by atoms with Gasteiger partial charge in [-0.25, -0.2) is 0 Å². The molecule has 8 nitrogen and oxygen atoms in total. The Labute approximate surface area is 193 Å². The van der Waals surface area contributed by atoms with Crippen LogP contribution < -0.4 is 19.8 Å². The van der Waals surface area contributed by atoms with E-state index in [0.29, 0.717) is 51.4 Å². The van der Waals surface area contributed by atoms with Crippen molar-refractivity contribution in [3.05, 3.63) is 74.6 Å². The maximum atomic E-state index is 13.6. The van der Waals surface area contributed by atoms with Crippen LogP contribution in [-0.2, 0) is 0 Å². The number of para-hydroxylation sites is 1. The van der Waals surface area contributed by atoms with Crippen LogP contribution >= 0.6 is 11.3 Å². The monoisotopic (exact) mass is 463 g/mol. The van der Waals surface area contributed by atoms with Gasteiger partial charge in [-0.1, -0.05) is 29.5 Å². The molecule has 5 rings (SSSR count). The van der Waals surface area contributed by atoms with Gasteiger partial charge in [-0.05, 0) is 50.6 Å². The molecule has 0 saturated heterocycles. The van der Waals surface area contributed by atoms with Crippen LogP contribution in [0.4, 0.5) is 5.13 Å². The summed E-state index contributed by atoms with van der Waals surface area (Å²) in [6.45, 7) is 6.51. The van der Waals surface area contributed by atoms with Gasteiger partial charge in [-0.2, -0.15) is 0 Å². The van der Waals surface area contributed by atoms with Crippen LogP contribution in [0.25, 0.3) is 11.0 Å². The van der Waals surface area contributed by atoms with E-state index < -0.39 is 11.9 Å². The van der Waals surface area contributed by atoms with E-state index >= 15 is 0 Å². The number of aryl methyl sites for hydroxylation is 1. The van der Waals surface area contributed by atoms with Gasteiger partial charge in [0, 0.05) is 0 Å². The summed E-state index contributed by atoms with van der Waals surface area (Å²) in [7, 11) is 0. The van der Waals surface area contributed by atoms with E-state index in [4.69, 9.17) is 13.9 Å². The van der Waals surface area contributed by atoms with Gasteiger partial charge >= 0.3 is 0 Å². The summed E-state index contributed by atoms with van der Waals surface area (Å²) in [6.07, 6.45) is 0. The van der Waals surface area contributed by atoms with E-state index in [-0.39, 0.29) is 16.8 Å². The molecule has 0 aliphatic carbocycles. The predicted octanol–water partition coefficient (Wildman–Crippen LogP) is 4.50. The van der Waals surface area contributed by atoms with Crippen molar-refractivity contribution < 1.29 is 18.7 Å². The summed E-state index contributed by atoms with van der Waals surface area (Å²) in [5.74, 6) is 0.720. The van der Waals surface area contributed by atoms with Crippen molar-refractivity contribution in [2.45, 2.75) is 26.8 Å². The van der Waals surface area contributed by atoms with E-state index in [1.54, 1.807) is 36.4 Å². The minimum Gasteiger partial charge on any atom is -0.490 e. The van der Waals surface area contributed by atoms with Gasteiger partial charge in [0.25, 0.3) is 5.91 Å². The number of hydrogen-bond acceptors (Lipinski definition) is 8. The molecule has 0 radical (unpaired) electrons. The van der Waals surface area contributed by atoms with E-state index in [1.807, 2.05) is 26.8 Å². The Bertz CT molecular complexity index is 1430. The number of amides is 1. The molecule has 2 aromatic heterocycles. The van der Waals surface area contributed by atoms with Crippen molar-refractivity contribution in [3.63, 3.8) is 0 Å². The fraction of sp³-hybridized carbons (Fsp3) is 0.250. The lowest BCUT2D eigenvalue weighted by atomic mass is 9.98. The lowest BCUT2D eigenvalue weighted by Crippen LogP contribution is -2.29. The smallest absolute Gasteiger partial charge is 0.297 e. The van der Waals surface area contributed by atoms with Crippen molar-refractivity contribution in [2.75, 3.05) is 18.1 Å². The summed E-state index contributed by atoms with van der Waals surface area (Å²) in [5, 5.41) is 9.77. The Morgan fingerprint density at radius 3 is 2.52 bits per heavy atom. The minimum absolute atomic E-state index is 0.0170. The highest BCUT2D eigenvalue weighted by atomic mass is 32.1. The molecule has 1 aliphatic rings. The molecule has 3 heterocycles. The molecule has 9 heteroatoms. The number of carbonyl (C=O) groups excluding carboxylic acids is 1. The topological polar surface area (TPSA) is 94.8 Å². The fourth-order valence-electron chi connectivity index (χ4n) is 4.05. The highest BCUT2D eigenvalue weighted by Crippen LogP contribution is 2.43. The lowest BCUT2D eigenvalue weighted by molar-refractivity contribution is 0.0970. The van der Waals surface area contributed by atoms with Crippen molar-refractivity contribution in [1.82, 2.24) is 10.2 Å². The minimum atomic E-state index is -0.740. The van der Waals surface area contributed by atoms with E-state index in [0.717, 1.165) is 0 Å². The first-order chi connectivity index (χ1) is 16.0. The zero-order chi connectivity index (χ0) is 23.1. The van der Waals surface area contributed by atoms with Crippen LogP contribution in [0.2, 0.25) is 0 Å². The molecule has 4 aromatic rings. The Morgan fingerprint density at radius 1 is 1.03 bits per heavy atom. The van der Waals surface area contributed by atoms with Crippen LogP contribution in [0.5, 0.6) is 11.5 Å². The van der Waals surface area contributed by atoms with Gasteiger partial charge in [0.05, 0.1) is 30.2 Å².